The fourth-order valence-corrected chi connectivity index (χ4v) is 1.55. The van der Waals surface area contributed by atoms with Crippen LogP contribution in [-0.2, 0) is 0 Å². The Bertz CT molecular complexity index is 311. The summed E-state index contributed by atoms with van der Waals surface area (Å²) in [5.74, 6) is 1.17. The molecule has 1 fully saturated rings. The molecule has 1 aliphatic carbocycles. The molecule has 0 radical (unpaired) electrons. The summed E-state index contributed by atoms with van der Waals surface area (Å²) in [6.07, 6.45) is 2.49. The van der Waals surface area contributed by atoms with Crippen LogP contribution in [0.2, 0.25) is 0 Å². The van der Waals surface area contributed by atoms with E-state index in [9.17, 15) is 5.11 Å². The summed E-state index contributed by atoms with van der Waals surface area (Å²) >= 11 is 0. The van der Waals surface area contributed by atoms with E-state index in [0.717, 1.165) is 11.1 Å². The number of aryl methyl sites for hydroxylation is 1. The van der Waals surface area contributed by atoms with Crippen LogP contribution in [0.4, 0.5) is 0 Å². The van der Waals surface area contributed by atoms with Crippen LogP contribution in [0.5, 0.6) is 5.75 Å². The van der Waals surface area contributed by atoms with E-state index in [-0.39, 0.29) is 0 Å². The van der Waals surface area contributed by atoms with Gasteiger partial charge in [-0.15, -0.1) is 0 Å². The molecule has 0 aliphatic heterocycles. The van der Waals surface area contributed by atoms with Crippen molar-refractivity contribution in [3.8, 4) is 5.75 Å². The van der Waals surface area contributed by atoms with Crippen molar-refractivity contribution >= 4 is 0 Å². The normalized spacial score (nSPS) is 16.5. The van der Waals surface area contributed by atoms with Crippen LogP contribution in [-0.4, -0.2) is 5.11 Å². The zero-order chi connectivity index (χ0) is 8.72. The van der Waals surface area contributed by atoms with Gasteiger partial charge in [-0.05, 0) is 49.3 Å². The number of rotatable bonds is 1. The Hall–Kier alpha value is -0.980. The standard InChI is InChI=1S/C11H14O/c1-7-3-6-10(9-4-5-9)11(12)8(7)2/h3,6,9,12H,4-5H2,1-2H3. The zero-order valence-corrected chi connectivity index (χ0v) is 7.59. The highest BCUT2D eigenvalue weighted by molar-refractivity contribution is 5.47. The number of hydrogen-bond acceptors (Lipinski definition) is 1. The van der Waals surface area contributed by atoms with Gasteiger partial charge in [0, 0.05) is 0 Å². The SMILES string of the molecule is Cc1ccc(C2CC2)c(O)c1C. The number of hydrogen-bond donors (Lipinski definition) is 1. The van der Waals surface area contributed by atoms with Crippen LogP contribution in [0.3, 0.4) is 0 Å². The first kappa shape index (κ1) is 7.66. The predicted molar refractivity (Wildman–Crippen MR) is 49.6 cm³/mol. The first-order chi connectivity index (χ1) is 5.70. The Morgan fingerprint density at radius 1 is 1.25 bits per heavy atom. The molecule has 0 bridgehead atoms. The molecule has 1 heteroatoms. The summed E-state index contributed by atoms with van der Waals surface area (Å²) in [4.78, 5) is 0. The van der Waals surface area contributed by atoms with Gasteiger partial charge in [-0.2, -0.15) is 0 Å². The van der Waals surface area contributed by atoms with E-state index in [2.05, 4.69) is 12.1 Å². The van der Waals surface area contributed by atoms with Gasteiger partial charge in [0.25, 0.3) is 0 Å². The van der Waals surface area contributed by atoms with Crippen LogP contribution in [0.25, 0.3) is 0 Å². The van der Waals surface area contributed by atoms with E-state index in [0.29, 0.717) is 11.7 Å². The lowest BCUT2D eigenvalue weighted by Crippen LogP contribution is -1.87. The van der Waals surface area contributed by atoms with Gasteiger partial charge in [0.2, 0.25) is 0 Å². The monoisotopic (exact) mass is 162 g/mol. The molecule has 0 atom stereocenters. The van der Waals surface area contributed by atoms with Crippen molar-refractivity contribution in [2.24, 2.45) is 0 Å². The molecule has 0 spiro atoms. The Kier molecular flexibility index (Phi) is 1.60. The summed E-state index contributed by atoms with van der Waals surface area (Å²) in [5, 5.41) is 9.79. The van der Waals surface area contributed by atoms with Gasteiger partial charge in [0.1, 0.15) is 5.75 Å². The van der Waals surface area contributed by atoms with Crippen molar-refractivity contribution in [1.82, 2.24) is 0 Å². The Morgan fingerprint density at radius 3 is 2.50 bits per heavy atom. The molecular formula is C11H14O. The highest BCUT2D eigenvalue weighted by atomic mass is 16.3. The van der Waals surface area contributed by atoms with Gasteiger partial charge in [0.15, 0.2) is 0 Å². The largest absolute Gasteiger partial charge is 0.507 e. The first-order valence-corrected chi connectivity index (χ1v) is 4.49. The van der Waals surface area contributed by atoms with E-state index in [1.54, 1.807) is 0 Å². The number of phenolic OH excluding ortho intramolecular Hbond substituents is 1. The van der Waals surface area contributed by atoms with Crippen LogP contribution in [0.1, 0.15) is 35.4 Å². The highest BCUT2D eigenvalue weighted by Crippen LogP contribution is 2.45. The molecule has 1 aliphatic rings. The Balaban J connectivity index is 2.49. The topological polar surface area (TPSA) is 20.2 Å². The molecule has 1 N–H and O–H groups in total. The van der Waals surface area contributed by atoms with Gasteiger partial charge in [0.05, 0.1) is 0 Å². The number of benzene rings is 1. The van der Waals surface area contributed by atoms with Crippen molar-refractivity contribution in [3.05, 3.63) is 28.8 Å². The fraction of sp³-hybridized carbons (Fsp3) is 0.455. The van der Waals surface area contributed by atoms with Gasteiger partial charge < -0.3 is 5.11 Å². The van der Waals surface area contributed by atoms with Crippen LogP contribution in [0.15, 0.2) is 12.1 Å². The lowest BCUT2D eigenvalue weighted by Gasteiger charge is -2.07. The second kappa shape index (κ2) is 2.51. The van der Waals surface area contributed by atoms with E-state index in [1.165, 1.54) is 18.4 Å². The molecular weight excluding hydrogens is 148 g/mol. The van der Waals surface area contributed by atoms with Crippen LogP contribution < -0.4 is 0 Å². The molecule has 0 amide bonds. The second-order valence-corrected chi connectivity index (χ2v) is 3.72. The van der Waals surface area contributed by atoms with Crippen LogP contribution in [0, 0.1) is 13.8 Å². The Morgan fingerprint density at radius 2 is 1.92 bits per heavy atom. The minimum Gasteiger partial charge on any atom is -0.507 e. The third kappa shape index (κ3) is 1.09. The first-order valence-electron chi connectivity index (χ1n) is 4.49. The van der Waals surface area contributed by atoms with Crippen molar-refractivity contribution in [2.75, 3.05) is 0 Å². The molecule has 0 aromatic heterocycles. The van der Waals surface area contributed by atoms with Gasteiger partial charge in [-0.25, -0.2) is 0 Å². The van der Waals surface area contributed by atoms with Crippen molar-refractivity contribution < 1.29 is 5.11 Å². The van der Waals surface area contributed by atoms with E-state index < -0.39 is 0 Å². The van der Waals surface area contributed by atoms with Gasteiger partial charge in [-0.1, -0.05) is 12.1 Å². The maximum absolute atomic E-state index is 9.79. The van der Waals surface area contributed by atoms with Gasteiger partial charge >= 0.3 is 0 Å². The van der Waals surface area contributed by atoms with E-state index in [4.69, 9.17) is 0 Å². The number of phenols is 1. The van der Waals surface area contributed by atoms with Crippen molar-refractivity contribution in [1.29, 1.82) is 0 Å². The zero-order valence-electron chi connectivity index (χ0n) is 7.59. The molecule has 2 rings (SSSR count). The molecule has 0 saturated heterocycles. The minimum absolute atomic E-state index is 0.525. The van der Waals surface area contributed by atoms with E-state index >= 15 is 0 Å². The number of aromatic hydroxyl groups is 1. The molecule has 1 aromatic rings. The third-order valence-corrected chi connectivity index (χ3v) is 2.75. The average Bonchev–Trinajstić information content (AvgIpc) is 2.84. The average molecular weight is 162 g/mol. The molecule has 0 unspecified atom stereocenters. The van der Waals surface area contributed by atoms with Crippen molar-refractivity contribution in [3.63, 3.8) is 0 Å². The molecule has 1 nitrogen and oxygen atoms in total. The lowest BCUT2D eigenvalue weighted by atomic mass is 10.0. The second-order valence-electron chi connectivity index (χ2n) is 3.72. The fourth-order valence-electron chi connectivity index (χ4n) is 1.55. The molecule has 1 saturated carbocycles. The van der Waals surface area contributed by atoms with Gasteiger partial charge in [-0.3, -0.25) is 0 Å². The maximum Gasteiger partial charge on any atom is 0.122 e. The van der Waals surface area contributed by atoms with Crippen LogP contribution >= 0.6 is 0 Å². The lowest BCUT2D eigenvalue weighted by molar-refractivity contribution is 0.463. The highest BCUT2D eigenvalue weighted by Gasteiger charge is 2.26. The minimum atomic E-state index is 0.525. The third-order valence-electron chi connectivity index (χ3n) is 2.75. The van der Waals surface area contributed by atoms with Crippen molar-refractivity contribution in [2.45, 2.75) is 32.6 Å². The predicted octanol–water partition coefficient (Wildman–Crippen LogP) is 2.89. The summed E-state index contributed by atoms with van der Waals surface area (Å²) in [6, 6.07) is 4.16. The summed E-state index contributed by atoms with van der Waals surface area (Å²) in [6.45, 7) is 4.02. The summed E-state index contributed by atoms with van der Waals surface area (Å²) in [7, 11) is 0. The summed E-state index contributed by atoms with van der Waals surface area (Å²) in [5.41, 5.74) is 3.37. The maximum atomic E-state index is 9.79. The molecule has 64 valence electrons. The molecule has 12 heavy (non-hydrogen) atoms. The molecule has 0 heterocycles. The smallest absolute Gasteiger partial charge is 0.122 e. The quantitative estimate of drug-likeness (QED) is 0.673. The summed E-state index contributed by atoms with van der Waals surface area (Å²) < 4.78 is 0. The molecule has 1 aromatic carbocycles. The van der Waals surface area contributed by atoms with E-state index in [1.807, 2.05) is 13.8 Å². The Labute approximate surface area is 73.0 Å².